The van der Waals surface area contributed by atoms with Crippen molar-refractivity contribution >= 4 is 44.6 Å². The maximum atomic E-state index is 5.24. The van der Waals surface area contributed by atoms with E-state index in [1.807, 2.05) is 30.5 Å². The van der Waals surface area contributed by atoms with E-state index in [2.05, 4.69) is 163 Å². The summed E-state index contributed by atoms with van der Waals surface area (Å²) in [5.41, 5.74) is 10.4. The number of fused-ring (bicyclic) bond motifs is 4. The molecule has 0 aliphatic carbocycles. The van der Waals surface area contributed by atoms with E-state index in [1.54, 1.807) is 0 Å². The molecule has 0 spiro atoms. The fraction of sp³-hybridized carbons (Fsp3) is 0. The van der Waals surface area contributed by atoms with Crippen LogP contribution in [0.4, 0.5) is 0 Å². The first kappa shape index (κ1) is 29.4. The van der Waals surface area contributed by atoms with Crippen LogP contribution in [0, 0.1) is 0 Å². The summed E-state index contributed by atoms with van der Waals surface area (Å²) in [5, 5.41) is 5.92. The summed E-state index contributed by atoms with van der Waals surface area (Å²) < 4.78 is 0. The van der Waals surface area contributed by atoms with E-state index in [-0.39, 0.29) is 0 Å². The molecule has 9 aromatic rings. The van der Waals surface area contributed by atoms with Crippen molar-refractivity contribution in [2.45, 2.75) is 0 Å². The zero-order valence-corrected chi connectivity index (χ0v) is 27.2. The third kappa shape index (κ3) is 5.61. The lowest BCUT2D eigenvalue weighted by Gasteiger charge is -2.13. The second-order valence-electron chi connectivity index (χ2n) is 12.5. The number of benzene rings is 7. The Morgan fingerprint density at radius 2 is 1.08 bits per heavy atom. The molecule has 0 N–H and O–H groups in total. The molecule has 0 aliphatic heterocycles. The smallest absolute Gasteiger partial charge is 0.160 e. The summed E-state index contributed by atoms with van der Waals surface area (Å²) in [6.07, 6.45) is 6.21. The summed E-state index contributed by atoms with van der Waals surface area (Å²) in [5.74, 6) is 0.680. The first-order valence-corrected chi connectivity index (χ1v) is 16.8. The fourth-order valence-corrected chi connectivity index (χ4v) is 6.82. The van der Waals surface area contributed by atoms with Gasteiger partial charge in [-0.2, -0.15) is 0 Å². The highest BCUT2D eigenvalue weighted by Gasteiger charge is 2.14. The van der Waals surface area contributed by atoms with Crippen LogP contribution in [-0.4, -0.2) is 15.0 Å². The molecule has 0 saturated heterocycles. The van der Waals surface area contributed by atoms with Gasteiger partial charge in [0.2, 0.25) is 0 Å². The van der Waals surface area contributed by atoms with E-state index in [9.17, 15) is 0 Å². The molecule has 3 heteroatoms. The Labute approximate surface area is 290 Å². The van der Waals surface area contributed by atoms with Gasteiger partial charge in [-0.1, -0.05) is 152 Å². The van der Waals surface area contributed by atoms with Gasteiger partial charge in [0.25, 0.3) is 0 Å². The Hall–Kier alpha value is -6.71. The lowest BCUT2D eigenvalue weighted by molar-refractivity contribution is 1.17. The standard InChI is InChI=1S/C47H31N3/c1-2-12-33(13-3-1)40-17-7-4-14-34(40)26-27-39-30-46(44-29-36-15-5-8-18-41(36)42-19-9-10-20-43(42)44)50-47(49-39)35-24-22-32(23-25-35)38-28-37-16-6-11-21-45(37)48-31-38/h1-31H. The van der Waals surface area contributed by atoms with Crippen molar-refractivity contribution in [3.05, 3.63) is 187 Å². The van der Waals surface area contributed by atoms with Crippen LogP contribution in [0.25, 0.3) is 89.5 Å². The SMILES string of the molecule is C(=Cc1ccccc1-c1ccccc1)c1cc(-c2cc3ccccc3c3ccccc23)nc(-c2ccc(-c3cnc4ccccc4c3)cc2)n1. The van der Waals surface area contributed by atoms with Gasteiger partial charge >= 0.3 is 0 Å². The normalized spacial score (nSPS) is 11.5. The van der Waals surface area contributed by atoms with E-state index in [4.69, 9.17) is 9.97 Å². The van der Waals surface area contributed by atoms with Crippen LogP contribution in [0.1, 0.15) is 11.3 Å². The van der Waals surface area contributed by atoms with Gasteiger partial charge in [0.05, 0.1) is 16.9 Å². The average molecular weight is 638 g/mol. The predicted molar refractivity (Wildman–Crippen MR) is 209 cm³/mol. The van der Waals surface area contributed by atoms with Crippen molar-refractivity contribution in [3.63, 3.8) is 0 Å². The molecule has 0 bridgehead atoms. The highest BCUT2D eigenvalue weighted by atomic mass is 14.9. The maximum absolute atomic E-state index is 5.24. The van der Waals surface area contributed by atoms with Crippen LogP contribution in [0.2, 0.25) is 0 Å². The minimum absolute atomic E-state index is 0.680. The predicted octanol–water partition coefficient (Wildman–Crippen LogP) is 12.2. The van der Waals surface area contributed by atoms with Gasteiger partial charge in [-0.15, -0.1) is 0 Å². The quantitative estimate of drug-likeness (QED) is 0.170. The maximum Gasteiger partial charge on any atom is 0.160 e. The number of hydrogen-bond acceptors (Lipinski definition) is 3. The van der Waals surface area contributed by atoms with E-state index >= 15 is 0 Å². The number of nitrogens with zero attached hydrogens (tertiary/aromatic N) is 3. The van der Waals surface area contributed by atoms with Crippen molar-refractivity contribution in [2.24, 2.45) is 0 Å². The lowest BCUT2D eigenvalue weighted by Crippen LogP contribution is -1.96. The topological polar surface area (TPSA) is 38.7 Å². The Balaban J connectivity index is 1.18. The van der Waals surface area contributed by atoms with Gasteiger partial charge in [-0.25, -0.2) is 9.97 Å². The van der Waals surface area contributed by atoms with Crippen molar-refractivity contribution in [1.82, 2.24) is 15.0 Å². The second kappa shape index (κ2) is 12.7. The second-order valence-corrected chi connectivity index (χ2v) is 12.5. The van der Waals surface area contributed by atoms with Crippen LogP contribution >= 0.6 is 0 Å². The molecule has 0 fully saturated rings. The first-order chi connectivity index (χ1) is 24.8. The molecule has 50 heavy (non-hydrogen) atoms. The fourth-order valence-electron chi connectivity index (χ4n) is 6.82. The van der Waals surface area contributed by atoms with Crippen molar-refractivity contribution in [3.8, 4) is 44.9 Å². The summed E-state index contributed by atoms with van der Waals surface area (Å²) in [6.45, 7) is 0. The molecule has 2 aromatic heterocycles. The van der Waals surface area contributed by atoms with E-state index in [0.29, 0.717) is 5.82 Å². The van der Waals surface area contributed by atoms with Gasteiger partial charge < -0.3 is 0 Å². The van der Waals surface area contributed by atoms with Crippen LogP contribution < -0.4 is 0 Å². The molecule has 0 unspecified atom stereocenters. The highest BCUT2D eigenvalue weighted by Crippen LogP contribution is 2.36. The van der Waals surface area contributed by atoms with Crippen LogP contribution in [0.3, 0.4) is 0 Å². The van der Waals surface area contributed by atoms with Crippen LogP contribution in [0.5, 0.6) is 0 Å². The molecule has 0 saturated carbocycles. The Kier molecular flexibility index (Phi) is 7.49. The zero-order valence-electron chi connectivity index (χ0n) is 27.2. The molecule has 234 valence electrons. The number of para-hydroxylation sites is 1. The van der Waals surface area contributed by atoms with Crippen molar-refractivity contribution < 1.29 is 0 Å². The number of aromatic nitrogens is 3. The third-order valence-electron chi connectivity index (χ3n) is 9.34. The molecule has 0 amide bonds. The van der Waals surface area contributed by atoms with Crippen molar-refractivity contribution in [2.75, 3.05) is 0 Å². The summed E-state index contributed by atoms with van der Waals surface area (Å²) in [7, 11) is 0. The molecule has 0 aliphatic rings. The Bertz CT molecular complexity index is 2690. The van der Waals surface area contributed by atoms with Crippen LogP contribution in [0.15, 0.2) is 176 Å². The number of hydrogen-bond donors (Lipinski definition) is 0. The highest BCUT2D eigenvalue weighted by molar-refractivity contribution is 6.13. The average Bonchev–Trinajstić information content (AvgIpc) is 3.20. The molecular formula is C47H31N3. The van der Waals surface area contributed by atoms with Gasteiger partial charge in [-0.3, -0.25) is 4.98 Å². The van der Waals surface area contributed by atoms with E-state index in [1.165, 1.54) is 32.7 Å². The monoisotopic (exact) mass is 637 g/mol. The molecule has 0 atom stereocenters. The Morgan fingerprint density at radius 1 is 0.400 bits per heavy atom. The zero-order chi connectivity index (χ0) is 33.3. The summed E-state index contributed by atoms with van der Waals surface area (Å²) >= 11 is 0. The van der Waals surface area contributed by atoms with Crippen molar-refractivity contribution in [1.29, 1.82) is 0 Å². The van der Waals surface area contributed by atoms with Gasteiger partial charge in [0, 0.05) is 28.3 Å². The molecular weight excluding hydrogens is 607 g/mol. The lowest BCUT2D eigenvalue weighted by atomic mass is 9.95. The minimum Gasteiger partial charge on any atom is -0.256 e. The number of pyridine rings is 1. The molecule has 0 radical (unpaired) electrons. The molecule has 3 nitrogen and oxygen atoms in total. The number of rotatable bonds is 6. The first-order valence-electron chi connectivity index (χ1n) is 16.8. The van der Waals surface area contributed by atoms with E-state index in [0.717, 1.165) is 50.1 Å². The van der Waals surface area contributed by atoms with Gasteiger partial charge in [0.1, 0.15) is 0 Å². The molecule has 7 aromatic carbocycles. The Morgan fingerprint density at radius 3 is 1.94 bits per heavy atom. The van der Waals surface area contributed by atoms with Gasteiger partial charge in [-0.05, 0) is 74.1 Å². The van der Waals surface area contributed by atoms with Crippen LogP contribution in [-0.2, 0) is 0 Å². The largest absolute Gasteiger partial charge is 0.256 e. The third-order valence-corrected chi connectivity index (χ3v) is 9.34. The van der Waals surface area contributed by atoms with Gasteiger partial charge in [0.15, 0.2) is 5.82 Å². The van der Waals surface area contributed by atoms with E-state index < -0.39 is 0 Å². The molecule has 2 heterocycles. The minimum atomic E-state index is 0.680. The molecule has 9 rings (SSSR count). The summed E-state index contributed by atoms with van der Waals surface area (Å²) in [6, 6.07) is 59.4. The summed E-state index contributed by atoms with van der Waals surface area (Å²) in [4.78, 5) is 15.0.